The molecule has 0 bridgehead atoms. The number of hydrogen-bond acceptors (Lipinski definition) is 5. The number of anilines is 2. The van der Waals surface area contributed by atoms with Gasteiger partial charge in [-0.3, -0.25) is 0 Å². The van der Waals surface area contributed by atoms with Crippen molar-refractivity contribution >= 4 is 11.8 Å². The molecule has 0 saturated heterocycles. The number of nitrogen functional groups attached to an aromatic ring is 1. The number of hydrogen-bond donors (Lipinski definition) is 2. The second-order valence-corrected chi connectivity index (χ2v) is 3.51. The van der Waals surface area contributed by atoms with Crippen LogP contribution in [-0.4, -0.2) is 29.7 Å². The van der Waals surface area contributed by atoms with Gasteiger partial charge in [0.2, 0.25) is 5.95 Å². The van der Waals surface area contributed by atoms with Crippen LogP contribution < -0.4 is 11.1 Å². The van der Waals surface area contributed by atoms with Gasteiger partial charge in [0.05, 0.1) is 18.8 Å². The van der Waals surface area contributed by atoms with Crippen LogP contribution in [0.3, 0.4) is 0 Å². The molecule has 0 fully saturated rings. The molecule has 0 aromatic carbocycles. The van der Waals surface area contributed by atoms with E-state index in [1.807, 2.05) is 0 Å². The van der Waals surface area contributed by atoms with E-state index in [0.29, 0.717) is 6.61 Å². The third-order valence-electron chi connectivity index (χ3n) is 2.11. The Balaban J connectivity index is 2.71. The molecule has 6 heteroatoms. The maximum Gasteiger partial charge on any atom is 0.222 e. The molecule has 1 heterocycles. The molecular weight excluding hydrogens is 211 g/mol. The van der Waals surface area contributed by atoms with Crippen LogP contribution >= 0.6 is 0 Å². The highest BCUT2D eigenvalue weighted by Gasteiger charge is 2.12. The highest BCUT2D eigenvalue weighted by Crippen LogP contribution is 2.13. The van der Waals surface area contributed by atoms with Gasteiger partial charge in [-0.1, -0.05) is 13.3 Å². The average molecular weight is 228 g/mol. The first-order valence-electron chi connectivity index (χ1n) is 5.20. The van der Waals surface area contributed by atoms with Crippen LogP contribution in [0.5, 0.6) is 0 Å². The van der Waals surface area contributed by atoms with Crippen molar-refractivity contribution in [3.8, 4) is 0 Å². The Bertz CT molecular complexity index is 329. The van der Waals surface area contributed by atoms with Gasteiger partial charge < -0.3 is 15.8 Å². The topological polar surface area (TPSA) is 73.1 Å². The molecule has 0 aliphatic carbocycles. The molecule has 1 rings (SSSR count). The maximum atomic E-state index is 13.3. The van der Waals surface area contributed by atoms with E-state index < -0.39 is 5.82 Å². The molecule has 1 atom stereocenters. The molecule has 0 aliphatic rings. The first kappa shape index (κ1) is 12.6. The molecule has 5 nitrogen and oxygen atoms in total. The fourth-order valence-electron chi connectivity index (χ4n) is 1.42. The normalized spacial score (nSPS) is 12.4. The summed E-state index contributed by atoms with van der Waals surface area (Å²) in [6.07, 6.45) is 2.90. The van der Waals surface area contributed by atoms with Gasteiger partial charge >= 0.3 is 0 Å². The van der Waals surface area contributed by atoms with Gasteiger partial charge in [0, 0.05) is 7.11 Å². The quantitative estimate of drug-likeness (QED) is 0.770. The monoisotopic (exact) mass is 228 g/mol. The van der Waals surface area contributed by atoms with Crippen molar-refractivity contribution < 1.29 is 9.13 Å². The molecule has 16 heavy (non-hydrogen) atoms. The van der Waals surface area contributed by atoms with E-state index in [0.717, 1.165) is 19.0 Å². The Morgan fingerprint density at radius 1 is 1.62 bits per heavy atom. The van der Waals surface area contributed by atoms with Crippen molar-refractivity contribution in [2.75, 3.05) is 24.8 Å². The molecule has 1 aromatic heterocycles. The third-order valence-corrected chi connectivity index (χ3v) is 2.11. The first-order valence-corrected chi connectivity index (χ1v) is 5.20. The van der Waals surface area contributed by atoms with Crippen molar-refractivity contribution in [1.82, 2.24) is 9.97 Å². The van der Waals surface area contributed by atoms with Crippen LogP contribution in [0.1, 0.15) is 19.8 Å². The molecule has 0 radical (unpaired) electrons. The molecular formula is C10H17FN4O. The van der Waals surface area contributed by atoms with Gasteiger partial charge in [-0.2, -0.15) is 4.98 Å². The molecule has 0 amide bonds. The van der Waals surface area contributed by atoms with Crippen molar-refractivity contribution in [2.45, 2.75) is 25.8 Å². The number of rotatable bonds is 6. The smallest absolute Gasteiger partial charge is 0.222 e. The lowest BCUT2D eigenvalue weighted by atomic mass is 10.2. The fraction of sp³-hybridized carbons (Fsp3) is 0.600. The number of nitrogens with zero attached hydrogens (tertiary/aromatic N) is 2. The van der Waals surface area contributed by atoms with Crippen LogP contribution in [0.2, 0.25) is 0 Å². The zero-order valence-electron chi connectivity index (χ0n) is 9.53. The predicted molar refractivity (Wildman–Crippen MR) is 60.6 cm³/mol. The van der Waals surface area contributed by atoms with Gasteiger partial charge in [0.15, 0.2) is 11.6 Å². The number of methoxy groups -OCH3 is 1. The van der Waals surface area contributed by atoms with Gasteiger partial charge in [-0.15, -0.1) is 0 Å². The summed E-state index contributed by atoms with van der Waals surface area (Å²) in [6.45, 7) is 2.55. The van der Waals surface area contributed by atoms with E-state index in [2.05, 4.69) is 22.2 Å². The summed E-state index contributed by atoms with van der Waals surface area (Å²) >= 11 is 0. The Hall–Kier alpha value is -1.43. The minimum atomic E-state index is -0.508. The zero-order valence-corrected chi connectivity index (χ0v) is 9.53. The molecule has 1 aromatic rings. The maximum absolute atomic E-state index is 13.3. The van der Waals surface area contributed by atoms with Crippen molar-refractivity contribution in [1.29, 1.82) is 0 Å². The van der Waals surface area contributed by atoms with Crippen molar-refractivity contribution in [2.24, 2.45) is 0 Å². The lowest BCUT2D eigenvalue weighted by Crippen LogP contribution is -2.26. The SMILES string of the molecule is CCCC(COC)Nc1nc(N)ncc1F. The zero-order chi connectivity index (χ0) is 12.0. The lowest BCUT2D eigenvalue weighted by molar-refractivity contribution is 0.182. The number of nitrogens with one attached hydrogen (secondary N) is 1. The molecule has 0 aliphatic heterocycles. The van der Waals surface area contributed by atoms with Crippen LogP contribution in [0.25, 0.3) is 0 Å². The summed E-state index contributed by atoms with van der Waals surface area (Å²) in [7, 11) is 1.61. The van der Waals surface area contributed by atoms with E-state index in [1.54, 1.807) is 7.11 Å². The summed E-state index contributed by atoms with van der Waals surface area (Å²) in [6, 6.07) is 0.0267. The van der Waals surface area contributed by atoms with Gasteiger partial charge in [0.25, 0.3) is 0 Å². The highest BCUT2D eigenvalue weighted by atomic mass is 19.1. The lowest BCUT2D eigenvalue weighted by Gasteiger charge is -2.17. The Morgan fingerprint density at radius 2 is 2.38 bits per heavy atom. The average Bonchev–Trinajstić information content (AvgIpc) is 2.24. The number of nitrogens with two attached hydrogens (primary N) is 1. The Morgan fingerprint density at radius 3 is 3.00 bits per heavy atom. The summed E-state index contributed by atoms with van der Waals surface area (Å²) < 4.78 is 18.4. The highest BCUT2D eigenvalue weighted by molar-refractivity contribution is 5.40. The number of ether oxygens (including phenoxy) is 1. The van der Waals surface area contributed by atoms with E-state index in [1.165, 1.54) is 0 Å². The van der Waals surface area contributed by atoms with E-state index in [9.17, 15) is 4.39 Å². The second kappa shape index (κ2) is 6.22. The van der Waals surface area contributed by atoms with Gasteiger partial charge in [-0.25, -0.2) is 9.37 Å². The van der Waals surface area contributed by atoms with Crippen LogP contribution in [0.4, 0.5) is 16.2 Å². The van der Waals surface area contributed by atoms with Crippen LogP contribution in [0.15, 0.2) is 6.20 Å². The summed E-state index contributed by atoms with van der Waals surface area (Å²) in [5.74, 6) is -0.328. The first-order chi connectivity index (χ1) is 7.67. The largest absolute Gasteiger partial charge is 0.383 e. The van der Waals surface area contributed by atoms with Crippen LogP contribution in [0, 0.1) is 5.82 Å². The summed E-state index contributed by atoms with van der Waals surface area (Å²) in [5, 5.41) is 2.96. The van der Waals surface area contributed by atoms with Crippen molar-refractivity contribution in [3.05, 3.63) is 12.0 Å². The third kappa shape index (κ3) is 3.62. The fourth-order valence-corrected chi connectivity index (χ4v) is 1.42. The molecule has 0 saturated carbocycles. The van der Waals surface area contributed by atoms with E-state index >= 15 is 0 Å². The number of aromatic nitrogens is 2. The van der Waals surface area contributed by atoms with Gasteiger partial charge in [0.1, 0.15) is 0 Å². The van der Waals surface area contributed by atoms with E-state index in [-0.39, 0.29) is 17.8 Å². The molecule has 1 unspecified atom stereocenters. The standard InChI is InChI=1S/C10H17FN4O/c1-3-4-7(6-16-2)14-9-8(11)5-13-10(12)15-9/h5,7H,3-4,6H2,1-2H3,(H3,12,13,14,15). The summed E-state index contributed by atoms with van der Waals surface area (Å²) in [5.41, 5.74) is 5.39. The van der Waals surface area contributed by atoms with Crippen molar-refractivity contribution in [3.63, 3.8) is 0 Å². The van der Waals surface area contributed by atoms with Crippen LogP contribution in [-0.2, 0) is 4.74 Å². The molecule has 90 valence electrons. The molecule has 3 N–H and O–H groups in total. The summed E-state index contributed by atoms with van der Waals surface area (Å²) in [4.78, 5) is 7.36. The Kier molecular flexibility index (Phi) is 4.91. The molecule has 0 spiro atoms. The minimum Gasteiger partial charge on any atom is -0.383 e. The number of halogens is 1. The second-order valence-electron chi connectivity index (χ2n) is 3.51. The Labute approximate surface area is 94.2 Å². The van der Waals surface area contributed by atoms with E-state index in [4.69, 9.17) is 10.5 Å². The predicted octanol–water partition coefficient (Wildman–Crippen LogP) is 1.42. The minimum absolute atomic E-state index is 0.0267. The van der Waals surface area contributed by atoms with Gasteiger partial charge in [-0.05, 0) is 6.42 Å².